The highest BCUT2D eigenvalue weighted by molar-refractivity contribution is 6.32. The molecule has 0 radical (unpaired) electrons. The van der Waals surface area contributed by atoms with E-state index in [1.54, 1.807) is 12.1 Å². The summed E-state index contributed by atoms with van der Waals surface area (Å²) in [5, 5.41) is 3.13. The maximum atomic E-state index is 12.1. The first-order chi connectivity index (χ1) is 9.90. The van der Waals surface area contributed by atoms with Crippen LogP contribution in [0.15, 0.2) is 18.2 Å². The van der Waals surface area contributed by atoms with Gasteiger partial charge in [0.25, 0.3) is 11.8 Å². The van der Waals surface area contributed by atoms with Gasteiger partial charge in [-0.25, -0.2) is 0 Å². The summed E-state index contributed by atoms with van der Waals surface area (Å²) in [7, 11) is 0. The number of nitrogens with one attached hydrogen (secondary N) is 1. The van der Waals surface area contributed by atoms with E-state index in [9.17, 15) is 14.4 Å². The van der Waals surface area contributed by atoms with Crippen LogP contribution < -0.4 is 5.32 Å². The van der Waals surface area contributed by atoms with Crippen molar-refractivity contribution in [1.29, 1.82) is 0 Å². The molecule has 0 aromatic heterocycles. The average Bonchev–Trinajstić information content (AvgIpc) is 2.62. The first-order valence-corrected chi connectivity index (χ1v) is 7.20. The number of nitrogens with zero attached hydrogens (tertiary/aromatic N) is 1. The fourth-order valence-corrected chi connectivity index (χ4v) is 2.39. The Morgan fingerprint density at radius 1 is 1.24 bits per heavy atom. The lowest BCUT2D eigenvalue weighted by molar-refractivity contribution is -0.121. The second-order valence-corrected chi connectivity index (χ2v) is 5.84. The Morgan fingerprint density at radius 2 is 1.90 bits per heavy atom. The Balaban J connectivity index is 1.96. The van der Waals surface area contributed by atoms with E-state index in [1.165, 1.54) is 6.07 Å². The van der Waals surface area contributed by atoms with E-state index in [0.29, 0.717) is 22.6 Å². The molecule has 112 valence electrons. The van der Waals surface area contributed by atoms with Crippen molar-refractivity contribution in [3.63, 3.8) is 0 Å². The molecule has 0 unspecified atom stereocenters. The molecule has 0 spiro atoms. The molecule has 2 rings (SSSR count). The third kappa shape index (κ3) is 3.42. The molecule has 0 aliphatic carbocycles. The molecule has 5 nitrogen and oxygen atoms in total. The van der Waals surface area contributed by atoms with Gasteiger partial charge < -0.3 is 5.32 Å². The van der Waals surface area contributed by atoms with Crippen LogP contribution >= 0.6 is 11.6 Å². The van der Waals surface area contributed by atoms with Gasteiger partial charge in [0.15, 0.2) is 0 Å². The van der Waals surface area contributed by atoms with Gasteiger partial charge >= 0.3 is 0 Å². The van der Waals surface area contributed by atoms with Crippen molar-refractivity contribution in [3.05, 3.63) is 34.3 Å². The monoisotopic (exact) mass is 308 g/mol. The van der Waals surface area contributed by atoms with Crippen molar-refractivity contribution >= 4 is 29.3 Å². The normalized spacial score (nSPS) is 13.8. The zero-order valence-electron chi connectivity index (χ0n) is 12.0. The van der Waals surface area contributed by atoms with Crippen LogP contribution in [0.1, 0.15) is 41.0 Å². The summed E-state index contributed by atoms with van der Waals surface area (Å²) in [4.78, 5) is 36.9. The van der Waals surface area contributed by atoms with Crippen LogP contribution in [-0.2, 0) is 4.79 Å². The van der Waals surface area contributed by atoms with Crippen molar-refractivity contribution in [1.82, 2.24) is 10.2 Å². The van der Waals surface area contributed by atoms with Crippen LogP contribution in [-0.4, -0.2) is 35.7 Å². The number of imide groups is 1. The Hall–Kier alpha value is -1.88. The number of rotatable bonds is 5. The molecule has 1 aromatic carbocycles. The fourth-order valence-electron chi connectivity index (χ4n) is 2.22. The molecular weight excluding hydrogens is 292 g/mol. The van der Waals surface area contributed by atoms with E-state index in [-0.39, 0.29) is 36.7 Å². The third-order valence-electron chi connectivity index (χ3n) is 3.18. The molecular formula is C15H17ClN2O3. The van der Waals surface area contributed by atoms with Crippen LogP contribution in [0, 0.1) is 5.92 Å². The van der Waals surface area contributed by atoms with Gasteiger partial charge in [-0.1, -0.05) is 25.4 Å². The maximum absolute atomic E-state index is 12.1. The molecule has 1 aliphatic rings. The Labute approximate surface area is 128 Å². The average molecular weight is 309 g/mol. The lowest BCUT2D eigenvalue weighted by Gasteiger charge is -2.14. The number of carbonyl (C=O) groups is 3. The van der Waals surface area contributed by atoms with Crippen LogP contribution in [0.25, 0.3) is 0 Å². The van der Waals surface area contributed by atoms with Gasteiger partial charge in [0.05, 0.1) is 11.1 Å². The van der Waals surface area contributed by atoms with Crippen LogP contribution in [0.4, 0.5) is 0 Å². The molecule has 1 heterocycles. The SMILES string of the molecule is CC(C)CC(=O)NCCN1C(=O)c2ccc(Cl)cc2C1=O. The van der Waals surface area contributed by atoms with Gasteiger partial charge in [0.2, 0.25) is 5.91 Å². The number of carbonyl (C=O) groups excluding carboxylic acids is 3. The Bertz CT molecular complexity index is 599. The molecule has 21 heavy (non-hydrogen) atoms. The highest BCUT2D eigenvalue weighted by Crippen LogP contribution is 2.25. The topological polar surface area (TPSA) is 66.5 Å². The molecule has 0 atom stereocenters. The first-order valence-electron chi connectivity index (χ1n) is 6.82. The fraction of sp³-hybridized carbons (Fsp3) is 0.400. The number of hydrogen-bond acceptors (Lipinski definition) is 3. The van der Waals surface area contributed by atoms with E-state index in [1.807, 2.05) is 13.8 Å². The van der Waals surface area contributed by atoms with Crippen molar-refractivity contribution in [2.24, 2.45) is 5.92 Å². The number of halogens is 1. The predicted octanol–water partition coefficient (Wildman–Crippen LogP) is 2.10. The summed E-state index contributed by atoms with van der Waals surface area (Å²) in [6.07, 6.45) is 0.428. The smallest absolute Gasteiger partial charge is 0.261 e. The van der Waals surface area contributed by atoms with Crippen molar-refractivity contribution in [3.8, 4) is 0 Å². The minimum absolute atomic E-state index is 0.0790. The molecule has 1 aromatic rings. The van der Waals surface area contributed by atoms with Crippen LogP contribution in [0.3, 0.4) is 0 Å². The van der Waals surface area contributed by atoms with Crippen molar-refractivity contribution < 1.29 is 14.4 Å². The van der Waals surface area contributed by atoms with E-state index < -0.39 is 0 Å². The summed E-state index contributed by atoms with van der Waals surface area (Å²) in [6.45, 7) is 4.32. The van der Waals surface area contributed by atoms with Gasteiger partial charge in [0.1, 0.15) is 0 Å². The zero-order chi connectivity index (χ0) is 15.6. The molecule has 1 N–H and O–H groups in total. The Kier molecular flexibility index (Phi) is 4.63. The van der Waals surface area contributed by atoms with Crippen LogP contribution in [0.2, 0.25) is 5.02 Å². The van der Waals surface area contributed by atoms with Crippen LogP contribution in [0.5, 0.6) is 0 Å². The van der Waals surface area contributed by atoms with Gasteiger partial charge in [-0.15, -0.1) is 0 Å². The number of hydrogen-bond donors (Lipinski definition) is 1. The summed E-state index contributed by atoms with van der Waals surface area (Å²) in [6, 6.07) is 4.63. The van der Waals surface area contributed by atoms with E-state index in [2.05, 4.69) is 5.32 Å². The maximum Gasteiger partial charge on any atom is 0.261 e. The van der Waals surface area contributed by atoms with Crippen molar-refractivity contribution in [2.75, 3.05) is 13.1 Å². The van der Waals surface area contributed by atoms with Crippen molar-refractivity contribution in [2.45, 2.75) is 20.3 Å². The van der Waals surface area contributed by atoms with Gasteiger partial charge in [-0.2, -0.15) is 0 Å². The van der Waals surface area contributed by atoms with E-state index in [4.69, 9.17) is 11.6 Å². The molecule has 3 amide bonds. The molecule has 0 bridgehead atoms. The second kappa shape index (κ2) is 6.26. The molecule has 0 fully saturated rings. The second-order valence-electron chi connectivity index (χ2n) is 5.40. The van der Waals surface area contributed by atoms with E-state index in [0.717, 1.165) is 4.90 Å². The van der Waals surface area contributed by atoms with Gasteiger partial charge in [0, 0.05) is 24.5 Å². The molecule has 1 aliphatic heterocycles. The molecule has 6 heteroatoms. The van der Waals surface area contributed by atoms with Gasteiger partial charge in [-0.05, 0) is 24.1 Å². The largest absolute Gasteiger partial charge is 0.354 e. The standard InChI is InChI=1S/C15H17ClN2O3/c1-9(2)7-13(19)17-5-6-18-14(20)11-4-3-10(16)8-12(11)15(18)21/h3-4,8-9H,5-7H2,1-2H3,(H,17,19). The van der Waals surface area contributed by atoms with Gasteiger partial charge in [-0.3, -0.25) is 19.3 Å². The Morgan fingerprint density at radius 3 is 2.57 bits per heavy atom. The number of benzene rings is 1. The summed E-state index contributed by atoms with van der Waals surface area (Å²) in [5.74, 6) is -0.517. The highest BCUT2D eigenvalue weighted by Gasteiger charge is 2.35. The lowest BCUT2D eigenvalue weighted by atomic mass is 10.1. The zero-order valence-corrected chi connectivity index (χ0v) is 12.7. The molecule has 0 saturated heterocycles. The minimum Gasteiger partial charge on any atom is -0.354 e. The predicted molar refractivity (Wildman–Crippen MR) is 79.3 cm³/mol. The third-order valence-corrected chi connectivity index (χ3v) is 3.42. The number of amides is 3. The quantitative estimate of drug-likeness (QED) is 0.847. The minimum atomic E-state index is -0.365. The highest BCUT2D eigenvalue weighted by atomic mass is 35.5. The molecule has 0 saturated carbocycles. The summed E-state index contributed by atoms with van der Waals surface area (Å²) in [5.41, 5.74) is 0.680. The summed E-state index contributed by atoms with van der Waals surface area (Å²) < 4.78 is 0. The van der Waals surface area contributed by atoms with E-state index >= 15 is 0 Å². The first kappa shape index (κ1) is 15.5. The lowest BCUT2D eigenvalue weighted by Crippen LogP contribution is -2.38. The summed E-state index contributed by atoms with van der Waals surface area (Å²) >= 11 is 5.84. The number of fused-ring (bicyclic) bond motifs is 1.